The van der Waals surface area contributed by atoms with Gasteiger partial charge < -0.3 is 9.47 Å². The quantitative estimate of drug-likeness (QED) is 0.441. The third-order valence-corrected chi connectivity index (χ3v) is 3.67. The van der Waals surface area contributed by atoms with E-state index >= 15 is 0 Å². The number of rotatable bonds is 7. The van der Waals surface area contributed by atoms with Crippen molar-refractivity contribution < 1.29 is 14.3 Å². The Morgan fingerprint density at radius 1 is 1.24 bits per heavy atom. The van der Waals surface area contributed by atoms with Crippen molar-refractivity contribution in [1.29, 1.82) is 0 Å². The Kier molecular flexibility index (Phi) is 6.03. The molecule has 2 aromatic rings. The summed E-state index contributed by atoms with van der Waals surface area (Å²) in [5.41, 5.74) is 1.23. The number of thiophene rings is 1. The first-order valence-corrected chi connectivity index (χ1v) is 7.76. The molecule has 0 aliphatic heterocycles. The molecule has 0 fully saturated rings. The van der Waals surface area contributed by atoms with Crippen LogP contribution in [0.15, 0.2) is 47.9 Å². The fourth-order valence-corrected chi connectivity index (χ4v) is 2.36. The number of carbonyl (C=O) groups excluding carboxylic acids is 1. The van der Waals surface area contributed by atoms with Gasteiger partial charge in [0.2, 0.25) is 0 Å². The number of ether oxygens (including phenoxy) is 2. The van der Waals surface area contributed by atoms with Crippen molar-refractivity contribution in [2.45, 2.75) is 13.3 Å². The van der Waals surface area contributed by atoms with E-state index in [9.17, 15) is 4.79 Å². The number of carbonyl (C=O) groups is 1. The highest BCUT2D eigenvalue weighted by atomic mass is 32.1. The summed E-state index contributed by atoms with van der Waals surface area (Å²) in [7, 11) is 0. The number of esters is 1. The Hall–Kier alpha value is -2.07. The predicted molar refractivity (Wildman–Crippen MR) is 85.6 cm³/mol. The van der Waals surface area contributed by atoms with Gasteiger partial charge in [-0.25, -0.2) is 4.79 Å². The number of aryl methyl sites for hydroxylation is 1. The van der Waals surface area contributed by atoms with Crippen LogP contribution >= 0.6 is 11.3 Å². The molecule has 0 aliphatic rings. The fourth-order valence-electron chi connectivity index (χ4n) is 1.74. The van der Waals surface area contributed by atoms with Crippen LogP contribution in [-0.4, -0.2) is 19.2 Å². The number of hydrogen-bond donors (Lipinski definition) is 0. The summed E-state index contributed by atoms with van der Waals surface area (Å²) in [6, 6.07) is 11.8. The van der Waals surface area contributed by atoms with Crippen LogP contribution in [0.1, 0.15) is 17.4 Å². The van der Waals surface area contributed by atoms with Gasteiger partial charge in [-0.3, -0.25) is 0 Å². The first kappa shape index (κ1) is 15.3. The van der Waals surface area contributed by atoms with Crippen molar-refractivity contribution >= 4 is 23.4 Å². The van der Waals surface area contributed by atoms with Gasteiger partial charge in [-0.2, -0.15) is 0 Å². The van der Waals surface area contributed by atoms with Gasteiger partial charge in [-0.15, -0.1) is 11.3 Å². The van der Waals surface area contributed by atoms with Gasteiger partial charge in [0.15, 0.2) is 0 Å². The number of benzene rings is 1. The van der Waals surface area contributed by atoms with Crippen LogP contribution in [0, 0.1) is 0 Å². The minimum absolute atomic E-state index is 0.240. The average molecular weight is 302 g/mol. The standard InChI is InChI=1S/C17H18O3S/c1-2-14-5-3-6-15(13-14)19-10-11-20-17(18)9-8-16-7-4-12-21-16/h3-9,12-13H,2,10-11H2,1H3/b9-8+. The highest BCUT2D eigenvalue weighted by Gasteiger charge is 1.99. The molecular weight excluding hydrogens is 284 g/mol. The maximum absolute atomic E-state index is 11.5. The second-order valence-corrected chi connectivity index (χ2v) is 5.34. The zero-order valence-corrected chi connectivity index (χ0v) is 12.8. The number of hydrogen-bond acceptors (Lipinski definition) is 4. The molecule has 1 heterocycles. The SMILES string of the molecule is CCc1cccc(OCCOC(=O)/C=C/c2cccs2)c1. The van der Waals surface area contributed by atoms with E-state index in [2.05, 4.69) is 13.0 Å². The Bertz CT molecular complexity index is 588. The third kappa shape index (κ3) is 5.44. The smallest absolute Gasteiger partial charge is 0.330 e. The van der Waals surface area contributed by atoms with Gasteiger partial charge in [0.05, 0.1) is 0 Å². The summed E-state index contributed by atoms with van der Waals surface area (Å²) in [5.74, 6) is 0.453. The predicted octanol–water partition coefficient (Wildman–Crippen LogP) is 3.95. The summed E-state index contributed by atoms with van der Waals surface area (Å²) < 4.78 is 10.6. The molecule has 0 N–H and O–H groups in total. The van der Waals surface area contributed by atoms with Crippen LogP contribution in [0.25, 0.3) is 6.08 Å². The minimum Gasteiger partial charge on any atom is -0.490 e. The molecule has 2 rings (SSSR count). The van der Waals surface area contributed by atoms with E-state index in [1.165, 1.54) is 11.6 Å². The summed E-state index contributed by atoms with van der Waals surface area (Å²) in [6.07, 6.45) is 4.15. The van der Waals surface area contributed by atoms with Crippen LogP contribution in [-0.2, 0) is 16.0 Å². The van der Waals surface area contributed by atoms with Crippen LogP contribution in [0.4, 0.5) is 0 Å². The Labute approximate surface area is 128 Å². The second kappa shape index (κ2) is 8.27. The molecule has 0 saturated carbocycles. The lowest BCUT2D eigenvalue weighted by Gasteiger charge is -2.07. The lowest BCUT2D eigenvalue weighted by Crippen LogP contribution is -2.10. The van der Waals surface area contributed by atoms with Crippen molar-refractivity contribution in [2.24, 2.45) is 0 Å². The molecular formula is C17H18O3S. The Balaban J connectivity index is 1.68. The van der Waals surface area contributed by atoms with Gasteiger partial charge in [0.25, 0.3) is 0 Å². The fraction of sp³-hybridized carbons (Fsp3) is 0.235. The zero-order valence-electron chi connectivity index (χ0n) is 12.0. The van der Waals surface area contributed by atoms with Crippen LogP contribution in [0.5, 0.6) is 5.75 Å². The van der Waals surface area contributed by atoms with Gasteiger partial charge in [0.1, 0.15) is 19.0 Å². The van der Waals surface area contributed by atoms with E-state index in [0.717, 1.165) is 17.0 Å². The largest absolute Gasteiger partial charge is 0.490 e. The molecule has 0 amide bonds. The average Bonchev–Trinajstić information content (AvgIpc) is 3.03. The summed E-state index contributed by atoms with van der Waals surface area (Å²) in [6.45, 7) is 2.69. The van der Waals surface area contributed by atoms with Crippen molar-refractivity contribution in [3.05, 3.63) is 58.3 Å². The molecule has 0 bridgehead atoms. The first-order chi connectivity index (χ1) is 10.3. The zero-order chi connectivity index (χ0) is 14.9. The van der Waals surface area contributed by atoms with Crippen LogP contribution < -0.4 is 4.74 Å². The van der Waals surface area contributed by atoms with E-state index in [1.54, 1.807) is 17.4 Å². The van der Waals surface area contributed by atoms with Gasteiger partial charge in [-0.05, 0) is 41.6 Å². The lowest BCUT2D eigenvalue weighted by molar-refractivity contribution is -0.138. The molecule has 0 unspecified atom stereocenters. The van der Waals surface area contributed by atoms with Crippen molar-refractivity contribution in [3.8, 4) is 5.75 Å². The molecule has 4 heteroatoms. The highest BCUT2D eigenvalue weighted by Crippen LogP contribution is 2.13. The normalized spacial score (nSPS) is 10.7. The monoisotopic (exact) mass is 302 g/mol. The van der Waals surface area contributed by atoms with E-state index in [4.69, 9.17) is 9.47 Å². The molecule has 0 saturated heterocycles. The van der Waals surface area contributed by atoms with E-state index in [-0.39, 0.29) is 12.6 Å². The van der Waals surface area contributed by atoms with Crippen molar-refractivity contribution in [2.75, 3.05) is 13.2 Å². The van der Waals surface area contributed by atoms with Gasteiger partial charge >= 0.3 is 5.97 Å². The van der Waals surface area contributed by atoms with Crippen LogP contribution in [0.2, 0.25) is 0 Å². The van der Waals surface area contributed by atoms with E-state index in [1.807, 2.05) is 35.7 Å². The third-order valence-electron chi connectivity index (χ3n) is 2.83. The second-order valence-electron chi connectivity index (χ2n) is 4.37. The Morgan fingerprint density at radius 3 is 2.90 bits per heavy atom. The van der Waals surface area contributed by atoms with Crippen LogP contribution in [0.3, 0.4) is 0 Å². The minimum atomic E-state index is -0.352. The van der Waals surface area contributed by atoms with E-state index < -0.39 is 0 Å². The molecule has 0 aliphatic carbocycles. The summed E-state index contributed by atoms with van der Waals surface area (Å²) in [4.78, 5) is 12.5. The molecule has 0 radical (unpaired) electrons. The lowest BCUT2D eigenvalue weighted by atomic mass is 10.2. The molecule has 1 aromatic carbocycles. The molecule has 0 atom stereocenters. The maximum atomic E-state index is 11.5. The molecule has 1 aromatic heterocycles. The maximum Gasteiger partial charge on any atom is 0.330 e. The molecule has 21 heavy (non-hydrogen) atoms. The Morgan fingerprint density at radius 2 is 2.14 bits per heavy atom. The molecule has 0 spiro atoms. The summed E-state index contributed by atoms with van der Waals surface area (Å²) >= 11 is 1.57. The van der Waals surface area contributed by atoms with Crippen molar-refractivity contribution in [3.63, 3.8) is 0 Å². The first-order valence-electron chi connectivity index (χ1n) is 6.88. The van der Waals surface area contributed by atoms with E-state index in [0.29, 0.717) is 6.61 Å². The summed E-state index contributed by atoms with van der Waals surface area (Å²) in [5, 5.41) is 1.96. The highest BCUT2D eigenvalue weighted by molar-refractivity contribution is 7.10. The topological polar surface area (TPSA) is 35.5 Å². The van der Waals surface area contributed by atoms with Gasteiger partial charge in [0, 0.05) is 11.0 Å². The molecule has 3 nitrogen and oxygen atoms in total. The molecule has 110 valence electrons. The van der Waals surface area contributed by atoms with Gasteiger partial charge in [-0.1, -0.05) is 25.1 Å². The van der Waals surface area contributed by atoms with Crippen molar-refractivity contribution in [1.82, 2.24) is 0 Å².